The van der Waals surface area contributed by atoms with Gasteiger partial charge in [0, 0.05) is 42.2 Å². The molecule has 0 saturated heterocycles. The molecule has 6 heteroatoms. The standard InChI is InChI=1S/C20H17FN2O3/c1-22-6-5-16-15(10-22)14-8-18-19(26-11-25-18)9-17(14)23(16)20(24)12-3-2-4-13(21)7-12/h2-4,7-9H,5-6,10-11H2,1H3. The Hall–Kier alpha value is -2.86. The fourth-order valence-corrected chi connectivity index (χ4v) is 3.86. The maximum Gasteiger partial charge on any atom is 0.262 e. The number of benzene rings is 2. The van der Waals surface area contributed by atoms with E-state index in [1.807, 2.05) is 12.1 Å². The molecule has 0 unspecified atom stereocenters. The number of nitrogens with zero attached hydrogens (tertiary/aromatic N) is 2. The van der Waals surface area contributed by atoms with E-state index in [2.05, 4.69) is 11.9 Å². The van der Waals surface area contributed by atoms with Crippen molar-refractivity contribution in [3.63, 3.8) is 0 Å². The number of carbonyl (C=O) groups is 1. The van der Waals surface area contributed by atoms with E-state index in [4.69, 9.17) is 9.47 Å². The molecule has 0 saturated carbocycles. The molecule has 1 aromatic heterocycles. The average Bonchev–Trinajstić information content (AvgIpc) is 3.21. The van der Waals surface area contributed by atoms with Crippen molar-refractivity contribution in [3.05, 3.63) is 59.0 Å². The van der Waals surface area contributed by atoms with Crippen molar-refractivity contribution < 1.29 is 18.7 Å². The van der Waals surface area contributed by atoms with Gasteiger partial charge in [0.05, 0.1) is 5.52 Å². The van der Waals surface area contributed by atoms with Gasteiger partial charge in [-0.15, -0.1) is 0 Å². The van der Waals surface area contributed by atoms with Crippen LogP contribution in [-0.2, 0) is 13.0 Å². The van der Waals surface area contributed by atoms with Gasteiger partial charge in [-0.25, -0.2) is 4.39 Å². The molecule has 3 heterocycles. The van der Waals surface area contributed by atoms with Crippen LogP contribution >= 0.6 is 0 Å². The molecule has 0 amide bonds. The lowest BCUT2D eigenvalue weighted by atomic mass is 10.0. The maximum atomic E-state index is 13.6. The third-order valence-corrected chi connectivity index (χ3v) is 5.11. The molecule has 0 fully saturated rings. The highest BCUT2D eigenvalue weighted by molar-refractivity contribution is 6.05. The van der Waals surface area contributed by atoms with Gasteiger partial charge in [0.1, 0.15) is 5.82 Å². The summed E-state index contributed by atoms with van der Waals surface area (Å²) >= 11 is 0. The summed E-state index contributed by atoms with van der Waals surface area (Å²) in [6, 6.07) is 9.63. The van der Waals surface area contributed by atoms with Crippen LogP contribution in [-0.4, -0.2) is 35.8 Å². The molecule has 0 radical (unpaired) electrons. The zero-order valence-corrected chi connectivity index (χ0v) is 14.3. The van der Waals surface area contributed by atoms with Crippen LogP contribution in [0.5, 0.6) is 11.5 Å². The monoisotopic (exact) mass is 352 g/mol. The van der Waals surface area contributed by atoms with Gasteiger partial charge in [-0.1, -0.05) is 6.07 Å². The Kier molecular flexibility index (Phi) is 3.30. The molecular formula is C20H17FN2O3. The summed E-state index contributed by atoms with van der Waals surface area (Å²) in [5.41, 5.74) is 3.22. The Morgan fingerprint density at radius 3 is 2.77 bits per heavy atom. The summed E-state index contributed by atoms with van der Waals surface area (Å²) in [4.78, 5) is 15.5. The van der Waals surface area contributed by atoms with Crippen LogP contribution in [0, 0.1) is 5.82 Å². The Labute approximate surface area is 149 Å². The normalized spacial score (nSPS) is 16.1. The van der Waals surface area contributed by atoms with Gasteiger partial charge in [-0.3, -0.25) is 9.36 Å². The lowest BCUT2D eigenvalue weighted by Crippen LogP contribution is -2.28. The third-order valence-electron chi connectivity index (χ3n) is 5.11. The van der Waals surface area contributed by atoms with E-state index in [9.17, 15) is 9.18 Å². The minimum atomic E-state index is -0.418. The number of hydrogen-bond acceptors (Lipinski definition) is 4. The molecule has 0 aliphatic carbocycles. The molecule has 0 bridgehead atoms. The van der Waals surface area contributed by atoms with Crippen molar-refractivity contribution in [3.8, 4) is 11.5 Å². The molecule has 0 spiro atoms. The van der Waals surface area contributed by atoms with Crippen LogP contribution in [0.1, 0.15) is 21.6 Å². The van der Waals surface area contributed by atoms with E-state index in [0.29, 0.717) is 17.1 Å². The number of hydrogen-bond donors (Lipinski definition) is 0. The molecule has 2 aromatic carbocycles. The highest BCUT2D eigenvalue weighted by Crippen LogP contribution is 2.40. The first-order valence-electron chi connectivity index (χ1n) is 8.56. The number of ether oxygens (including phenoxy) is 2. The third kappa shape index (κ3) is 2.22. The quantitative estimate of drug-likeness (QED) is 0.675. The molecule has 2 aliphatic heterocycles. The minimum Gasteiger partial charge on any atom is -0.454 e. The second-order valence-electron chi connectivity index (χ2n) is 6.79. The van der Waals surface area contributed by atoms with Crippen LogP contribution < -0.4 is 9.47 Å². The molecule has 5 rings (SSSR count). The van der Waals surface area contributed by atoms with Crippen molar-refractivity contribution in [1.82, 2.24) is 9.47 Å². The molecule has 132 valence electrons. The lowest BCUT2D eigenvalue weighted by molar-refractivity contribution is 0.0960. The molecule has 5 nitrogen and oxygen atoms in total. The highest BCUT2D eigenvalue weighted by Gasteiger charge is 2.28. The summed E-state index contributed by atoms with van der Waals surface area (Å²) in [7, 11) is 2.06. The van der Waals surface area contributed by atoms with E-state index in [1.54, 1.807) is 16.7 Å². The van der Waals surface area contributed by atoms with Gasteiger partial charge >= 0.3 is 0 Å². The first-order chi connectivity index (χ1) is 12.6. The van der Waals surface area contributed by atoms with Crippen molar-refractivity contribution in [2.45, 2.75) is 13.0 Å². The van der Waals surface area contributed by atoms with Crippen LogP contribution in [0.2, 0.25) is 0 Å². The number of rotatable bonds is 1. The number of aromatic nitrogens is 1. The minimum absolute atomic E-state index is 0.182. The van der Waals surface area contributed by atoms with Gasteiger partial charge in [0.25, 0.3) is 5.91 Å². The fourth-order valence-electron chi connectivity index (χ4n) is 3.86. The zero-order chi connectivity index (χ0) is 17.8. The summed E-state index contributed by atoms with van der Waals surface area (Å²) in [5.74, 6) is 0.690. The smallest absolute Gasteiger partial charge is 0.262 e. The Morgan fingerprint density at radius 2 is 1.96 bits per heavy atom. The highest BCUT2D eigenvalue weighted by atomic mass is 19.1. The molecule has 3 aromatic rings. The summed E-state index contributed by atoms with van der Waals surface area (Å²) in [6.07, 6.45) is 0.758. The summed E-state index contributed by atoms with van der Waals surface area (Å²) < 4.78 is 26.4. The topological polar surface area (TPSA) is 43.7 Å². The number of carbonyl (C=O) groups excluding carboxylic acids is 1. The number of likely N-dealkylation sites (N-methyl/N-ethyl adjacent to an activating group) is 1. The first kappa shape index (κ1) is 15.4. The van der Waals surface area contributed by atoms with Gasteiger partial charge in [-0.05, 0) is 36.9 Å². The molecular weight excluding hydrogens is 335 g/mol. The van der Waals surface area contributed by atoms with E-state index < -0.39 is 5.82 Å². The predicted octanol–water partition coefficient (Wildman–Crippen LogP) is 3.19. The Bertz CT molecular complexity index is 1060. The first-order valence-corrected chi connectivity index (χ1v) is 8.56. The van der Waals surface area contributed by atoms with Gasteiger partial charge in [0.15, 0.2) is 11.5 Å². The van der Waals surface area contributed by atoms with Gasteiger partial charge < -0.3 is 14.4 Å². The van der Waals surface area contributed by atoms with E-state index in [1.165, 1.54) is 12.1 Å². The fraction of sp³-hybridized carbons (Fsp3) is 0.250. The number of fused-ring (bicyclic) bond motifs is 4. The van der Waals surface area contributed by atoms with Crippen molar-refractivity contribution >= 4 is 16.8 Å². The second kappa shape index (κ2) is 5.57. The van der Waals surface area contributed by atoms with Crippen LogP contribution in [0.25, 0.3) is 10.9 Å². The van der Waals surface area contributed by atoms with Crippen LogP contribution in [0.4, 0.5) is 4.39 Å². The maximum absolute atomic E-state index is 13.6. The second-order valence-corrected chi connectivity index (χ2v) is 6.79. The largest absolute Gasteiger partial charge is 0.454 e. The summed E-state index contributed by atoms with van der Waals surface area (Å²) in [6.45, 7) is 1.81. The molecule has 26 heavy (non-hydrogen) atoms. The van der Waals surface area contributed by atoms with Gasteiger partial charge in [-0.2, -0.15) is 0 Å². The van der Waals surface area contributed by atoms with Crippen molar-refractivity contribution in [2.24, 2.45) is 0 Å². The van der Waals surface area contributed by atoms with Gasteiger partial charge in [0.2, 0.25) is 6.79 Å². The molecule has 0 atom stereocenters. The van der Waals surface area contributed by atoms with E-state index in [0.717, 1.165) is 41.7 Å². The van der Waals surface area contributed by atoms with E-state index in [-0.39, 0.29) is 12.7 Å². The molecule has 2 aliphatic rings. The number of halogens is 1. The van der Waals surface area contributed by atoms with Crippen molar-refractivity contribution in [1.29, 1.82) is 0 Å². The summed E-state index contributed by atoms with van der Waals surface area (Å²) in [5, 5.41) is 0.987. The van der Waals surface area contributed by atoms with Crippen molar-refractivity contribution in [2.75, 3.05) is 20.4 Å². The average molecular weight is 352 g/mol. The Morgan fingerprint density at radius 1 is 1.15 bits per heavy atom. The van der Waals surface area contributed by atoms with Crippen LogP contribution in [0.15, 0.2) is 36.4 Å². The SMILES string of the molecule is CN1CCc2c(c3cc4c(cc3n2C(=O)c2cccc(F)c2)OCO4)C1. The molecule has 0 N–H and O–H groups in total. The van der Waals surface area contributed by atoms with E-state index >= 15 is 0 Å². The zero-order valence-electron chi connectivity index (χ0n) is 14.3. The van der Waals surface area contributed by atoms with Crippen LogP contribution in [0.3, 0.4) is 0 Å². The Balaban J connectivity index is 1.77. The predicted molar refractivity (Wildman–Crippen MR) is 94.2 cm³/mol. The lowest BCUT2D eigenvalue weighted by Gasteiger charge is -2.23.